The number of aliphatic carboxylic acids is 1. The second kappa shape index (κ2) is 7.63. The third-order valence-corrected chi connectivity index (χ3v) is 5.04. The number of amides is 2. The Kier molecular flexibility index (Phi) is 5.96. The summed E-state index contributed by atoms with van der Waals surface area (Å²) in [5, 5.41) is 8.83. The molecule has 0 unspecified atom stereocenters. The highest BCUT2D eigenvalue weighted by molar-refractivity contribution is 9.11. The van der Waals surface area contributed by atoms with Gasteiger partial charge in [0.25, 0.3) is 11.8 Å². The van der Waals surface area contributed by atoms with Gasteiger partial charge in [0, 0.05) is 14.1 Å². The first-order valence-electron chi connectivity index (χ1n) is 6.79. The number of rotatable bonds is 4. The van der Waals surface area contributed by atoms with Gasteiger partial charge < -0.3 is 9.84 Å². The van der Waals surface area contributed by atoms with Crippen LogP contribution in [0.15, 0.2) is 26.7 Å². The number of hydrogen-bond donors (Lipinski definition) is 1. The molecule has 1 aromatic carbocycles. The minimum atomic E-state index is -1.11. The maximum Gasteiger partial charge on any atom is 0.341 e. The summed E-state index contributed by atoms with van der Waals surface area (Å²) in [6.07, 6.45) is 1.44. The minimum Gasteiger partial charge on any atom is -0.480 e. The summed E-state index contributed by atoms with van der Waals surface area (Å²) in [5.74, 6) is -1.79. The average Bonchev–Trinajstić information content (AvgIpc) is 2.54. The van der Waals surface area contributed by atoms with Gasteiger partial charge in [-0.1, -0.05) is 0 Å². The number of halogens is 2. The maximum absolute atomic E-state index is 12.3. The van der Waals surface area contributed by atoms with Crippen LogP contribution in [0.3, 0.4) is 0 Å². The number of carboxylic acid groups (broad SMARTS) is 1. The lowest BCUT2D eigenvalue weighted by atomic mass is 10.1. The number of hydrogen-bond acceptors (Lipinski definition) is 5. The number of carbonyl (C=O) groups is 3. The molecule has 0 aromatic heterocycles. The lowest BCUT2D eigenvalue weighted by Gasteiger charge is -2.31. The van der Waals surface area contributed by atoms with Crippen LogP contribution in [0.25, 0.3) is 6.08 Å². The van der Waals surface area contributed by atoms with Crippen molar-refractivity contribution in [1.82, 2.24) is 9.80 Å². The molecule has 2 rings (SSSR count). The maximum atomic E-state index is 12.3. The molecule has 1 fully saturated rings. The highest BCUT2D eigenvalue weighted by Crippen LogP contribution is 2.35. The Balaban J connectivity index is 2.40. The van der Waals surface area contributed by atoms with E-state index in [-0.39, 0.29) is 10.7 Å². The summed E-state index contributed by atoms with van der Waals surface area (Å²) in [6, 6.07) is 3.23. The average molecular weight is 492 g/mol. The van der Waals surface area contributed by atoms with Crippen molar-refractivity contribution in [1.29, 1.82) is 0 Å². The zero-order valence-electron chi connectivity index (χ0n) is 13.1. The molecule has 1 N–H and O–H groups in total. The fourth-order valence-corrected chi connectivity index (χ4v) is 3.69. The van der Waals surface area contributed by atoms with Crippen molar-refractivity contribution < 1.29 is 24.2 Å². The predicted octanol–water partition coefficient (Wildman–Crippen LogP) is 2.27. The molecule has 2 amide bonds. The van der Waals surface area contributed by atoms with Crippen LogP contribution in [0.2, 0.25) is 0 Å². The summed E-state index contributed by atoms with van der Waals surface area (Å²) in [4.78, 5) is 37.7. The molecule has 1 aliphatic rings. The quantitative estimate of drug-likeness (QED) is 0.395. The number of carbonyl (C=O) groups excluding carboxylic acids is 2. The molecule has 1 heterocycles. The molecule has 7 nitrogen and oxygen atoms in total. The molecule has 0 aliphatic carbocycles. The van der Waals surface area contributed by atoms with E-state index in [9.17, 15) is 14.4 Å². The van der Waals surface area contributed by atoms with Gasteiger partial charge in [-0.15, -0.1) is 0 Å². The van der Waals surface area contributed by atoms with Gasteiger partial charge in [0.1, 0.15) is 11.3 Å². The van der Waals surface area contributed by atoms with Gasteiger partial charge >= 0.3 is 5.97 Å². The number of thiocarbonyl (C=S) groups is 1. The Morgan fingerprint density at radius 3 is 2.12 bits per heavy atom. The van der Waals surface area contributed by atoms with E-state index >= 15 is 0 Å². The molecular weight excluding hydrogens is 480 g/mol. The largest absolute Gasteiger partial charge is 0.480 e. The van der Waals surface area contributed by atoms with Gasteiger partial charge in [0.05, 0.1) is 8.95 Å². The highest BCUT2D eigenvalue weighted by Gasteiger charge is 2.35. The van der Waals surface area contributed by atoms with Gasteiger partial charge in [-0.2, -0.15) is 0 Å². The van der Waals surface area contributed by atoms with E-state index < -0.39 is 24.4 Å². The van der Waals surface area contributed by atoms with E-state index in [2.05, 4.69) is 31.9 Å². The number of ether oxygens (including phenoxy) is 1. The van der Waals surface area contributed by atoms with E-state index in [1.807, 2.05) is 0 Å². The number of likely N-dealkylation sites (N-methyl/N-ethyl adjacent to an activating group) is 2. The summed E-state index contributed by atoms with van der Waals surface area (Å²) in [7, 11) is 2.99. The monoisotopic (exact) mass is 490 g/mol. The fraction of sp³-hybridized carbons (Fsp3) is 0.200. The Bertz CT molecular complexity index is 775. The first-order valence-corrected chi connectivity index (χ1v) is 8.78. The van der Waals surface area contributed by atoms with Crippen LogP contribution < -0.4 is 4.74 Å². The van der Waals surface area contributed by atoms with Crippen LogP contribution in [0.5, 0.6) is 5.75 Å². The van der Waals surface area contributed by atoms with Gasteiger partial charge in [-0.05, 0) is 67.8 Å². The standard InChI is InChI=1S/C15H12Br2N2O5S/c1-18-13(22)8(14(23)19(2)15(18)25)3-7-4-9(16)12(10(17)5-7)24-6-11(20)21/h3-5H,6H2,1-2H3,(H,20,21). The molecule has 0 bridgehead atoms. The fourth-order valence-electron chi connectivity index (χ4n) is 2.08. The number of nitrogens with zero attached hydrogens (tertiary/aromatic N) is 2. The molecule has 1 aromatic rings. The molecule has 10 heteroatoms. The Labute approximate surface area is 165 Å². The third kappa shape index (κ3) is 4.07. The van der Waals surface area contributed by atoms with Crippen molar-refractivity contribution in [2.75, 3.05) is 20.7 Å². The van der Waals surface area contributed by atoms with Crippen LogP contribution in [0.4, 0.5) is 0 Å². The Hall–Kier alpha value is -1.78. The predicted molar refractivity (Wildman–Crippen MR) is 101 cm³/mol. The van der Waals surface area contributed by atoms with Crippen molar-refractivity contribution in [2.45, 2.75) is 0 Å². The number of carboxylic acids is 1. The topological polar surface area (TPSA) is 87.1 Å². The highest BCUT2D eigenvalue weighted by atomic mass is 79.9. The van der Waals surface area contributed by atoms with E-state index in [0.29, 0.717) is 20.3 Å². The Morgan fingerprint density at radius 1 is 1.20 bits per heavy atom. The first-order chi connectivity index (χ1) is 11.6. The van der Waals surface area contributed by atoms with Crippen molar-refractivity contribution in [2.24, 2.45) is 0 Å². The molecule has 1 aliphatic heterocycles. The zero-order valence-corrected chi connectivity index (χ0v) is 17.1. The molecule has 132 valence electrons. The summed E-state index contributed by atoms with van der Waals surface area (Å²) in [6.45, 7) is -0.498. The van der Waals surface area contributed by atoms with Gasteiger partial charge in [-0.25, -0.2) is 4.79 Å². The van der Waals surface area contributed by atoms with Crippen molar-refractivity contribution in [3.63, 3.8) is 0 Å². The van der Waals surface area contributed by atoms with Crippen LogP contribution in [-0.2, 0) is 14.4 Å². The van der Waals surface area contributed by atoms with Crippen LogP contribution in [0.1, 0.15) is 5.56 Å². The lowest BCUT2D eigenvalue weighted by Crippen LogP contribution is -2.52. The van der Waals surface area contributed by atoms with Gasteiger partial charge in [0.2, 0.25) is 0 Å². The second-order valence-corrected chi connectivity index (χ2v) is 7.14. The summed E-state index contributed by atoms with van der Waals surface area (Å²) >= 11 is 11.6. The van der Waals surface area contributed by atoms with Gasteiger partial charge in [0.15, 0.2) is 11.7 Å². The Morgan fingerprint density at radius 2 is 1.68 bits per heavy atom. The van der Waals surface area contributed by atoms with E-state index in [4.69, 9.17) is 22.1 Å². The van der Waals surface area contributed by atoms with Crippen molar-refractivity contribution in [3.05, 3.63) is 32.2 Å². The first kappa shape index (κ1) is 19.5. The van der Waals surface area contributed by atoms with E-state index in [1.165, 1.54) is 30.0 Å². The van der Waals surface area contributed by atoms with Crippen LogP contribution in [-0.4, -0.2) is 58.5 Å². The SMILES string of the molecule is CN1C(=O)C(=Cc2cc(Br)c(OCC(=O)O)c(Br)c2)C(=O)N(C)C1=S. The smallest absolute Gasteiger partial charge is 0.341 e. The molecule has 1 saturated heterocycles. The zero-order chi connectivity index (χ0) is 18.9. The second-order valence-electron chi connectivity index (χ2n) is 5.07. The molecule has 0 saturated carbocycles. The summed E-state index contributed by atoms with van der Waals surface area (Å²) < 4.78 is 6.13. The lowest BCUT2D eigenvalue weighted by molar-refractivity contribution is -0.139. The van der Waals surface area contributed by atoms with Crippen molar-refractivity contribution in [3.8, 4) is 5.75 Å². The van der Waals surface area contributed by atoms with Crippen molar-refractivity contribution >= 4 is 73.0 Å². The summed E-state index contributed by atoms with van der Waals surface area (Å²) in [5.41, 5.74) is 0.518. The molecule has 0 atom stereocenters. The third-order valence-electron chi connectivity index (χ3n) is 3.32. The van der Waals surface area contributed by atoms with Gasteiger partial charge in [-0.3, -0.25) is 19.4 Å². The molecule has 0 spiro atoms. The van der Waals surface area contributed by atoms with Crippen LogP contribution in [0, 0.1) is 0 Å². The normalized spacial score (nSPS) is 14.9. The van der Waals surface area contributed by atoms with E-state index in [0.717, 1.165) is 0 Å². The molecular formula is C15H12Br2N2O5S. The minimum absolute atomic E-state index is 0.0309. The van der Waals surface area contributed by atoms with Crippen LogP contribution >= 0.6 is 44.1 Å². The molecule has 25 heavy (non-hydrogen) atoms. The van der Waals surface area contributed by atoms with E-state index in [1.54, 1.807) is 12.1 Å². The number of benzene rings is 1. The molecule has 0 radical (unpaired) electrons.